The predicted octanol–water partition coefficient (Wildman–Crippen LogP) is 2.11. The number of likely N-dealkylation sites (N-methyl/N-ethyl adjacent to an activating group) is 1. The maximum absolute atomic E-state index is 13.1. The van der Waals surface area contributed by atoms with E-state index >= 15 is 0 Å². The highest BCUT2D eigenvalue weighted by Crippen LogP contribution is 2.30. The van der Waals surface area contributed by atoms with Crippen LogP contribution in [0.2, 0.25) is 0 Å². The molecule has 0 aliphatic carbocycles. The van der Waals surface area contributed by atoms with Gasteiger partial charge in [-0.05, 0) is 62.4 Å². The number of carbonyl (C=O) groups excluding carboxylic acids is 1. The van der Waals surface area contributed by atoms with Gasteiger partial charge in [-0.1, -0.05) is 6.07 Å². The van der Waals surface area contributed by atoms with Crippen molar-refractivity contribution in [3.05, 3.63) is 35.1 Å². The smallest absolute Gasteiger partial charge is 0.237 e. The summed E-state index contributed by atoms with van der Waals surface area (Å²) in [5.41, 5.74) is 2.14. The van der Waals surface area contributed by atoms with Crippen molar-refractivity contribution in [2.45, 2.75) is 38.6 Å². The monoisotopic (exact) mass is 264 g/mol. The lowest BCUT2D eigenvalue weighted by molar-refractivity contribution is -0.123. The van der Waals surface area contributed by atoms with Gasteiger partial charge in [-0.15, -0.1) is 0 Å². The molecule has 4 heteroatoms. The molecule has 1 amide bonds. The molecule has 19 heavy (non-hydrogen) atoms. The summed E-state index contributed by atoms with van der Waals surface area (Å²) >= 11 is 0. The third-order valence-corrected chi connectivity index (χ3v) is 3.74. The first-order chi connectivity index (χ1) is 9.11. The van der Waals surface area contributed by atoms with E-state index in [-0.39, 0.29) is 17.8 Å². The fraction of sp³-hybridized carbons (Fsp3) is 0.533. The number of hydrogen-bond acceptors (Lipinski definition) is 2. The van der Waals surface area contributed by atoms with Gasteiger partial charge in [0.15, 0.2) is 0 Å². The molecule has 0 spiro atoms. The van der Waals surface area contributed by atoms with Gasteiger partial charge in [-0.3, -0.25) is 4.79 Å². The average molecular weight is 264 g/mol. The minimum absolute atomic E-state index is 0.0620. The van der Waals surface area contributed by atoms with Gasteiger partial charge in [0.2, 0.25) is 5.91 Å². The molecule has 1 fully saturated rings. The summed E-state index contributed by atoms with van der Waals surface area (Å²) in [6, 6.07) is 4.79. The van der Waals surface area contributed by atoms with Crippen molar-refractivity contribution < 1.29 is 9.18 Å². The van der Waals surface area contributed by atoms with Gasteiger partial charge in [0.05, 0.1) is 6.04 Å². The number of halogens is 1. The molecule has 2 atom stereocenters. The normalized spacial score (nSPS) is 23.1. The minimum Gasteiger partial charge on any atom is -0.355 e. The third-order valence-electron chi connectivity index (χ3n) is 3.74. The Morgan fingerprint density at radius 1 is 1.53 bits per heavy atom. The van der Waals surface area contributed by atoms with Crippen LogP contribution < -0.4 is 10.6 Å². The number of rotatable bonds is 3. The van der Waals surface area contributed by atoms with Crippen molar-refractivity contribution in [3.8, 4) is 0 Å². The maximum atomic E-state index is 13.1. The minimum atomic E-state index is -0.199. The summed E-state index contributed by atoms with van der Waals surface area (Å²) in [6.45, 7) is 5.32. The lowest BCUT2D eigenvalue weighted by Gasteiger charge is -2.30. The Hall–Kier alpha value is -1.42. The van der Waals surface area contributed by atoms with Crippen LogP contribution in [0.1, 0.15) is 36.8 Å². The van der Waals surface area contributed by atoms with E-state index in [2.05, 4.69) is 10.6 Å². The maximum Gasteiger partial charge on any atom is 0.237 e. The molecule has 0 radical (unpaired) electrons. The standard InChI is InChI=1S/C15H21FN2O/c1-3-17-15(19)14-9-11(6-7-18-14)13-5-4-12(16)8-10(13)2/h4-5,8,11,14,18H,3,6-7,9H2,1-2H3,(H,17,19). The molecule has 2 N–H and O–H groups in total. The van der Waals surface area contributed by atoms with E-state index in [1.807, 2.05) is 19.9 Å². The fourth-order valence-electron chi connectivity index (χ4n) is 2.79. The number of aryl methyl sites for hydroxylation is 1. The highest BCUT2D eigenvalue weighted by Gasteiger charge is 2.28. The van der Waals surface area contributed by atoms with Gasteiger partial charge in [0.25, 0.3) is 0 Å². The Balaban J connectivity index is 2.10. The van der Waals surface area contributed by atoms with Gasteiger partial charge in [-0.25, -0.2) is 4.39 Å². The molecule has 104 valence electrons. The van der Waals surface area contributed by atoms with Gasteiger partial charge in [0.1, 0.15) is 5.82 Å². The molecular weight excluding hydrogens is 243 g/mol. The molecule has 1 aliphatic heterocycles. The first kappa shape index (κ1) is 14.0. The predicted molar refractivity (Wildman–Crippen MR) is 73.6 cm³/mol. The van der Waals surface area contributed by atoms with Crippen LogP contribution in [-0.2, 0) is 4.79 Å². The highest BCUT2D eigenvalue weighted by molar-refractivity contribution is 5.81. The van der Waals surface area contributed by atoms with Crippen LogP contribution in [0.4, 0.5) is 4.39 Å². The summed E-state index contributed by atoms with van der Waals surface area (Å²) in [7, 11) is 0. The zero-order chi connectivity index (χ0) is 13.8. The SMILES string of the molecule is CCNC(=O)C1CC(c2ccc(F)cc2C)CCN1. The number of carbonyl (C=O) groups is 1. The van der Waals surface area contributed by atoms with E-state index in [4.69, 9.17) is 0 Å². The molecule has 0 saturated carbocycles. The molecule has 2 rings (SSSR count). The lowest BCUT2D eigenvalue weighted by Crippen LogP contribution is -2.48. The Kier molecular flexibility index (Phi) is 4.53. The third kappa shape index (κ3) is 3.32. The van der Waals surface area contributed by atoms with Crippen LogP contribution >= 0.6 is 0 Å². The molecule has 1 aliphatic rings. The van der Waals surface area contributed by atoms with E-state index in [1.54, 1.807) is 6.07 Å². The Morgan fingerprint density at radius 2 is 2.32 bits per heavy atom. The first-order valence-corrected chi connectivity index (χ1v) is 6.89. The summed E-state index contributed by atoms with van der Waals surface area (Å²) in [5, 5.41) is 6.10. The number of piperidine rings is 1. The second-order valence-electron chi connectivity index (χ2n) is 5.12. The zero-order valence-corrected chi connectivity index (χ0v) is 11.5. The van der Waals surface area contributed by atoms with Crippen molar-refractivity contribution in [2.75, 3.05) is 13.1 Å². The van der Waals surface area contributed by atoms with Crippen molar-refractivity contribution in [3.63, 3.8) is 0 Å². The van der Waals surface area contributed by atoms with Crippen LogP contribution in [-0.4, -0.2) is 25.0 Å². The van der Waals surface area contributed by atoms with Crippen molar-refractivity contribution in [1.29, 1.82) is 0 Å². The van der Waals surface area contributed by atoms with Crippen LogP contribution in [0.15, 0.2) is 18.2 Å². The Labute approximate surface area is 113 Å². The molecule has 3 nitrogen and oxygen atoms in total. The molecule has 0 aromatic heterocycles. The number of amides is 1. The average Bonchev–Trinajstić information content (AvgIpc) is 2.39. The van der Waals surface area contributed by atoms with E-state index in [9.17, 15) is 9.18 Å². The molecule has 1 heterocycles. The fourth-order valence-corrected chi connectivity index (χ4v) is 2.79. The van der Waals surface area contributed by atoms with Gasteiger partial charge < -0.3 is 10.6 Å². The van der Waals surface area contributed by atoms with E-state index in [1.165, 1.54) is 6.07 Å². The first-order valence-electron chi connectivity index (χ1n) is 6.89. The van der Waals surface area contributed by atoms with Crippen molar-refractivity contribution in [2.24, 2.45) is 0 Å². The van der Waals surface area contributed by atoms with Crippen LogP contribution in [0, 0.1) is 12.7 Å². The van der Waals surface area contributed by atoms with E-state index in [0.717, 1.165) is 30.5 Å². The molecule has 0 bridgehead atoms. The Morgan fingerprint density at radius 3 is 3.00 bits per heavy atom. The highest BCUT2D eigenvalue weighted by atomic mass is 19.1. The quantitative estimate of drug-likeness (QED) is 0.878. The van der Waals surface area contributed by atoms with E-state index < -0.39 is 0 Å². The second-order valence-corrected chi connectivity index (χ2v) is 5.12. The number of benzene rings is 1. The molecule has 1 aromatic rings. The number of nitrogens with one attached hydrogen (secondary N) is 2. The number of hydrogen-bond donors (Lipinski definition) is 2. The van der Waals surface area contributed by atoms with Gasteiger partial charge in [-0.2, -0.15) is 0 Å². The molecular formula is C15H21FN2O. The van der Waals surface area contributed by atoms with Gasteiger partial charge in [0, 0.05) is 6.54 Å². The van der Waals surface area contributed by atoms with Crippen LogP contribution in [0.5, 0.6) is 0 Å². The molecule has 2 unspecified atom stereocenters. The zero-order valence-electron chi connectivity index (χ0n) is 11.5. The van der Waals surface area contributed by atoms with Crippen molar-refractivity contribution >= 4 is 5.91 Å². The summed E-state index contributed by atoms with van der Waals surface area (Å²) < 4.78 is 13.1. The van der Waals surface area contributed by atoms with Crippen LogP contribution in [0.3, 0.4) is 0 Å². The second kappa shape index (κ2) is 6.15. The summed E-state index contributed by atoms with van der Waals surface area (Å²) in [5.74, 6) is 0.192. The molecule has 1 aromatic carbocycles. The van der Waals surface area contributed by atoms with E-state index in [0.29, 0.717) is 12.5 Å². The van der Waals surface area contributed by atoms with Crippen molar-refractivity contribution in [1.82, 2.24) is 10.6 Å². The topological polar surface area (TPSA) is 41.1 Å². The van der Waals surface area contributed by atoms with Gasteiger partial charge >= 0.3 is 0 Å². The largest absolute Gasteiger partial charge is 0.355 e. The Bertz CT molecular complexity index is 461. The lowest BCUT2D eigenvalue weighted by atomic mass is 9.84. The molecule has 1 saturated heterocycles. The summed E-state index contributed by atoms with van der Waals surface area (Å²) in [4.78, 5) is 11.9. The van der Waals surface area contributed by atoms with Crippen LogP contribution in [0.25, 0.3) is 0 Å². The summed E-state index contributed by atoms with van der Waals surface area (Å²) in [6.07, 6.45) is 1.76.